The van der Waals surface area contributed by atoms with Gasteiger partial charge in [-0.1, -0.05) is 13.3 Å². The number of methoxy groups -OCH3 is 3. The van der Waals surface area contributed by atoms with E-state index in [4.69, 9.17) is 14.2 Å². The fourth-order valence-corrected chi connectivity index (χ4v) is 3.66. The molecule has 12 nitrogen and oxygen atoms in total. The molecule has 3 rings (SSSR count). The molecule has 36 heavy (non-hydrogen) atoms. The van der Waals surface area contributed by atoms with Crippen LogP contribution in [-0.2, 0) is 6.42 Å². The van der Waals surface area contributed by atoms with Gasteiger partial charge in [0, 0.05) is 23.4 Å². The summed E-state index contributed by atoms with van der Waals surface area (Å²) < 4.78 is 17.1. The summed E-state index contributed by atoms with van der Waals surface area (Å²) in [4.78, 5) is 36.5. The number of amides is 1. The second kappa shape index (κ2) is 11.2. The highest BCUT2D eigenvalue weighted by Gasteiger charge is 2.20. The highest BCUT2D eigenvalue weighted by atomic mass is 16.6. The number of aryl methyl sites for hydroxylation is 1. The van der Waals surface area contributed by atoms with Gasteiger partial charge in [0.1, 0.15) is 0 Å². The van der Waals surface area contributed by atoms with E-state index in [-0.39, 0.29) is 11.3 Å². The monoisotopic (exact) mass is 497 g/mol. The number of aromatic amines is 1. The second-order valence-electron chi connectivity index (χ2n) is 7.68. The largest absolute Gasteiger partial charge is 0.493 e. The fraction of sp³-hybridized carbons (Fsp3) is 0.292. The lowest BCUT2D eigenvalue weighted by Gasteiger charge is -2.13. The Bertz CT molecular complexity index is 1330. The summed E-state index contributed by atoms with van der Waals surface area (Å²) in [5, 5.41) is 18.1. The van der Waals surface area contributed by atoms with Gasteiger partial charge in [-0.3, -0.25) is 24.8 Å². The number of hydrogen-bond acceptors (Lipinski definition) is 8. The molecule has 12 heteroatoms. The Balaban J connectivity index is 1.94. The van der Waals surface area contributed by atoms with Crippen LogP contribution in [0.3, 0.4) is 0 Å². The number of nitrogens with one attached hydrogen (secondary N) is 2. The topological polar surface area (TPSA) is 150 Å². The summed E-state index contributed by atoms with van der Waals surface area (Å²) in [6.07, 6.45) is 1.30. The van der Waals surface area contributed by atoms with E-state index >= 15 is 0 Å². The third-order valence-electron chi connectivity index (χ3n) is 5.40. The lowest BCUT2D eigenvalue weighted by atomic mass is 10.1. The number of nitro groups is 1. The van der Waals surface area contributed by atoms with Crippen molar-refractivity contribution < 1.29 is 23.9 Å². The van der Waals surface area contributed by atoms with E-state index in [1.165, 1.54) is 62.4 Å². The predicted octanol–water partition coefficient (Wildman–Crippen LogP) is 3.21. The second-order valence-corrected chi connectivity index (χ2v) is 7.68. The maximum Gasteiger partial charge on any atom is 0.280 e. The average molecular weight is 498 g/mol. The molecule has 1 heterocycles. The first kappa shape index (κ1) is 26.0. The van der Waals surface area contributed by atoms with Crippen molar-refractivity contribution in [2.75, 3.05) is 21.3 Å². The van der Waals surface area contributed by atoms with E-state index in [9.17, 15) is 19.7 Å². The van der Waals surface area contributed by atoms with Crippen LogP contribution in [-0.4, -0.2) is 47.7 Å². The molecule has 1 amide bonds. The number of benzene rings is 2. The number of hydrazone groups is 1. The molecule has 0 radical (unpaired) electrons. The van der Waals surface area contributed by atoms with Crippen LogP contribution in [0.15, 0.2) is 46.3 Å². The quantitative estimate of drug-likeness (QED) is 0.248. The van der Waals surface area contributed by atoms with Crippen molar-refractivity contribution in [2.24, 2.45) is 5.10 Å². The van der Waals surface area contributed by atoms with Crippen molar-refractivity contribution in [1.29, 1.82) is 0 Å². The van der Waals surface area contributed by atoms with Crippen molar-refractivity contribution in [3.8, 4) is 22.9 Å². The smallest absolute Gasteiger partial charge is 0.280 e. The van der Waals surface area contributed by atoms with Crippen LogP contribution in [0.2, 0.25) is 0 Å². The molecule has 0 unspecified atom stereocenters. The van der Waals surface area contributed by atoms with Gasteiger partial charge in [-0.25, -0.2) is 10.1 Å². The van der Waals surface area contributed by atoms with Crippen molar-refractivity contribution >= 4 is 17.3 Å². The molecular formula is C24H27N5O7. The number of nitro benzene ring substituents is 1. The lowest BCUT2D eigenvalue weighted by Crippen LogP contribution is -2.23. The minimum absolute atomic E-state index is 0.0837. The molecule has 0 atom stereocenters. The van der Waals surface area contributed by atoms with E-state index < -0.39 is 16.4 Å². The van der Waals surface area contributed by atoms with E-state index in [1.807, 2.05) is 6.92 Å². The Labute approximate surface area is 206 Å². The Morgan fingerprint density at radius 2 is 1.72 bits per heavy atom. The molecule has 190 valence electrons. The van der Waals surface area contributed by atoms with Crippen molar-refractivity contribution in [3.05, 3.63) is 73.7 Å². The average Bonchev–Trinajstić information content (AvgIpc) is 3.21. The SMILES string of the molecule is CCCc1[nH]n(-c2ccc([N+](=O)[O-])cc2)c(=O)c1C(C)=NNC(=O)c1cc(OC)c(OC)c(OC)c1. The van der Waals surface area contributed by atoms with E-state index in [0.29, 0.717) is 46.3 Å². The zero-order valence-electron chi connectivity index (χ0n) is 20.6. The molecule has 1 aromatic heterocycles. The van der Waals surface area contributed by atoms with Gasteiger partial charge in [-0.2, -0.15) is 5.10 Å². The zero-order valence-corrected chi connectivity index (χ0v) is 20.6. The molecule has 2 aromatic carbocycles. The highest BCUT2D eigenvalue weighted by molar-refractivity contribution is 6.01. The van der Waals surface area contributed by atoms with E-state index in [2.05, 4.69) is 15.6 Å². The van der Waals surface area contributed by atoms with Gasteiger partial charge >= 0.3 is 0 Å². The number of H-pyrrole nitrogens is 1. The van der Waals surface area contributed by atoms with Crippen LogP contribution in [0.1, 0.15) is 41.9 Å². The predicted molar refractivity (Wildman–Crippen MR) is 133 cm³/mol. The van der Waals surface area contributed by atoms with Crippen LogP contribution < -0.4 is 25.2 Å². The summed E-state index contributed by atoms with van der Waals surface area (Å²) in [5.41, 5.74) is 3.86. The van der Waals surface area contributed by atoms with Crippen molar-refractivity contribution in [3.63, 3.8) is 0 Å². The Morgan fingerprint density at radius 3 is 2.22 bits per heavy atom. The first-order valence-electron chi connectivity index (χ1n) is 11.0. The minimum Gasteiger partial charge on any atom is -0.493 e. The summed E-state index contributed by atoms with van der Waals surface area (Å²) in [7, 11) is 4.35. The molecule has 0 bridgehead atoms. The van der Waals surface area contributed by atoms with Crippen molar-refractivity contribution in [1.82, 2.24) is 15.2 Å². The molecule has 2 N–H and O–H groups in total. The van der Waals surface area contributed by atoms with Crippen LogP contribution in [0, 0.1) is 10.1 Å². The number of hydrogen-bond donors (Lipinski definition) is 2. The summed E-state index contributed by atoms with van der Waals surface area (Å²) in [5.74, 6) is 0.422. The molecule has 0 saturated heterocycles. The molecule has 0 aliphatic heterocycles. The summed E-state index contributed by atoms with van der Waals surface area (Å²) >= 11 is 0. The first-order valence-corrected chi connectivity index (χ1v) is 11.0. The van der Waals surface area contributed by atoms with Gasteiger partial charge in [-0.15, -0.1) is 0 Å². The molecule has 0 spiro atoms. The summed E-state index contributed by atoms with van der Waals surface area (Å²) in [6.45, 7) is 3.57. The number of carbonyl (C=O) groups is 1. The number of rotatable bonds is 10. The number of non-ortho nitro benzene ring substituents is 1. The van der Waals surface area contributed by atoms with Crippen LogP contribution in [0.5, 0.6) is 17.2 Å². The van der Waals surface area contributed by atoms with Gasteiger partial charge in [0.2, 0.25) is 5.75 Å². The molecule has 0 saturated carbocycles. The molecule has 3 aromatic rings. The lowest BCUT2D eigenvalue weighted by molar-refractivity contribution is -0.384. The summed E-state index contributed by atoms with van der Waals surface area (Å²) in [6, 6.07) is 8.58. The van der Waals surface area contributed by atoms with Gasteiger partial charge < -0.3 is 14.2 Å². The van der Waals surface area contributed by atoms with Crippen molar-refractivity contribution in [2.45, 2.75) is 26.7 Å². The highest BCUT2D eigenvalue weighted by Crippen LogP contribution is 2.38. The first-order chi connectivity index (χ1) is 17.2. The van der Waals surface area contributed by atoms with E-state index in [0.717, 1.165) is 6.42 Å². The Morgan fingerprint density at radius 1 is 1.11 bits per heavy atom. The van der Waals surface area contributed by atoms with Gasteiger partial charge in [0.05, 0.1) is 43.2 Å². The number of nitrogens with zero attached hydrogens (tertiary/aromatic N) is 3. The zero-order chi connectivity index (χ0) is 26.4. The Hall–Kier alpha value is -4.61. The van der Waals surface area contributed by atoms with Crippen LogP contribution in [0.4, 0.5) is 5.69 Å². The van der Waals surface area contributed by atoms with Crippen LogP contribution >= 0.6 is 0 Å². The fourth-order valence-electron chi connectivity index (χ4n) is 3.66. The molecular weight excluding hydrogens is 470 g/mol. The van der Waals surface area contributed by atoms with E-state index in [1.54, 1.807) is 6.92 Å². The molecule has 0 fully saturated rings. The van der Waals surface area contributed by atoms with Gasteiger partial charge in [-0.05, 0) is 37.6 Å². The molecule has 0 aliphatic carbocycles. The number of ether oxygens (including phenoxy) is 3. The Kier molecular flexibility index (Phi) is 8.10. The third-order valence-corrected chi connectivity index (χ3v) is 5.40. The number of carbonyl (C=O) groups excluding carboxylic acids is 1. The van der Waals surface area contributed by atoms with Crippen LogP contribution in [0.25, 0.3) is 5.69 Å². The molecule has 0 aliphatic rings. The third kappa shape index (κ3) is 5.22. The minimum atomic E-state index is -0.545. The van der Waals surface area contributed by atoms with Gasteiger partial charge in [0.15, 0.2) is 11.5 Å². The standard InChI is InChI=1S/C24H27N5O7/c1-6-7-18-21(24(31)28(27-18)16-8-10-17(11-9-16)29(32)33)14(2)25-26-23(30)15-12-19(34-3)22(36-5)20(13-15)35-4/h8-13,27H,6-7H2,1-5H3,(H,26,30). The maximum absolute atomic E-state index is 13.2. The number of aromatic nitrogens is 2. The maximum atomic E-state index is 13.2. The normalized spacial score (nSPS) is 11.2. The van der Waals surface area contributed by atoms with Gasteiger partial charge in [0.25, 0.3) is 17.2 Å².